The molecule has 38 heavy (non-hydrogen) atoms. The first kappa shape index (κ1) is 28.2. The highest BCUT2D eigenvalue weighted by atomic mass is 32.2. The Bertz CT molecular complexity index is 1400. The summed E-state index contributed by atoms with van der Waals surface area (Å²) in [6.07, 6.45) is -0.0393. The van der Waals surface area contributed by atoms with Gasteiger partial charge in [0, 0.05) is 34.2 Å². The maximum Gasteiger partial charge on any atom is 0.345 e. The van der Waals surface area contributed by atoms with Gasteiger partial charge in [0.25, 0.3) is 6.43 Å². The molecule has 2 fully saturated rings. The number of nitrogens with zero attached hydrogens (tertiary/aromatic N) is 4. The van der Waals surface area contributed by atoms with E-state index in [1.165, 1.54) is 22.9 Å². The van der Waals surface area contributed by atoms with Crippen LogP contribution in [-0.4, -0.2) is 78.2 Å². The van der Waals surface area contributed by atoms with Crippen LogP contribution in [0.5, 0.6) is 0 Å². The number of hydrogen-bond donors (Lipinski definition) is 4. The van der Waals surface area contributed by atoms with Crippen molar-refractivity contribution in [3.8, 4) is 6.07 Å². The molecule has 0 aromatic carbocycles. The minimum Gasteiger partial charge on any atom is -0.365 e. The van der Waals surface area contributed by atoms with E-state index in [9.17, 15) is 31.2 Å². The Labute approximate surface area is 222 Å². The molecule has 0 spiro atoms. The molecule has 0 radical (unpaired) electrons. The normalized spacial score (nSPS) is 21.2. The van der Waals surface area contributed by atoms with Crippen LogP contribution in [0.2, 0.25) is 0 Å². The molecule has 1 saturated heterocycles. The molecule has 2 atom stereocenters. The third kappa shape index (κ3) is 6.10. The van der Waals surface area contributed by atoms with E-state index in [-0.39, 0.29) is 55.7 Å². The third-order valence-electron chi connectivity index (χ3n) is 6.03. The zero-order valence-corrected chi connectivity index (χ0v) is 21.6. The molecule has 4 N–H and O–H groups in total. The molecule has 1 aliphatic heterocycles. The van der Waals surface area contributed by atoms with Gasteiger partial charge in [-0.3, -0.25) is 15.2 Å². The van der Waals surface area contributed by atoms with E-state index in [1.54, 1.807) is 4.90 Å². The Morgan fingerprint density at radius 3 is 2.71 bits per heavy atom. The van der Waals surface area contributed by atoms with E-state index in [2.05, 4.69) is 19.8 Å². The second kappa shape index (κ2) is 10.8. The molecule has 210 valence electrons. The molecule has 4 rings (SSSR count). The fourth-order valence-electron chi connectivity index (χ4n) is 4.14. The van der Waals surface area contributed by atoms with Crippen molar-refractivity contribution in [1.82, 2.24) is 19.4 Å². The van der Waals surface area contributed by atoms with Crippen molar-refractivity contribution in [2.45, 2.75) is 55.3 Å². The van der Waals surface area contributed by atoms with Crippen LogP contribution in [0.25, 0.3) is 5.65 Å². The van der Waals surface area contributed by atoms with Crippen molar-refractivity contribution >= 4 is 43.2 Å². The van der Waals surface area contributed by atoms with E-state index in [1.807, 2.05) is 13.0 Å². The first-order chi connectivity index (χ1) is 17.8. The number of pyridine rings is 1. The molecular weight excluding hydrogens is 552 g/mol. The average molecular weight is 581 g/mol. The lowest BCUT2D eigenvalue weighted by molar-refractivity contribution is -0.134. The number of fused-ring (bicyclic) bond motifs is 1. The standard InChI is InChI=1S/C21H24F4N8O3S2.2H2/c1-11-6-32(7-12(30-11)9-36-20(24)25)14-4-13(38(34,35)31-21(10-26)2-3-21)8-33-15(5-29-19(14)33)17(27)37-18(28)16(22)23;;/h4-5,8,11-12,16,20,27-28,30-31H,2-3,6-7,9H2,1H3;2*1H/t11-,12+;;/m1../s1. The first-order valence-electron chi connectivity index (χ1n) is 11.3. The Morgan fingerprint density at radius 2 is 2.11 bits per heavy atom. The highest BCUT2D eigenvalue weighted by Crippen LogP contribution is 2.37. The van der Waals surface area contributed by atoms with E-state index in [0.29, 0.717) is 19.4 Å². The third-order valence-corrected chi connectivity index (χ3v) is 8.34. The van der Waals surface area contributed by atoms with Crippen molar-refractivity contribution in [3.63, 3.8) is 0 Å². The van der Waals surface area contributed by atoms with Crippen LogP contribution in [0.3, 0.4) is 0 Å². The lowest BCUT2D eigenvalue weighted by Crippen LogP contribution is -2.57. The van der Waals surface area contributed by atoms with E-state index in [0.717, 1.165) is 0 Å². The maximum absolute atomic E-state index is 13.3. The van der Waals surface area contributed by atoms with Crippen molar-refractivity contribution in [2.75, 3.05) is 24.6 Å². The number of nitriles is 1. The van der Waals surface area contributed by atoms with Gasteiger partial charge in [-0.2, -0.15) is 18.8 Å². The van der Waals surface area contributed by atoms with Crippen molar-refractivity contribution in [3.05, 3.63) is 24.2 Å². The quantitative estimate of drug-likeness (QED) is 0.200. The lowest BCUT2D eigenvalue weighted by Gasteiger charge is -2.39. The van der Waals surface area contributed by atoms with Gasteiger partial charge >= 0.3 is 6.61 Å². The van der Waals surface area contributed by atoms with Gasteiger partial charge in [-0.15, -0.1) is 0 Å². The Morgan fingerprint density at radius 1 is 1.39 bits per heavy atom. The highest BCUT2D eigenvalue weighted by Gasteiger charge is 2.47. The van der Waals surface area contributed by atoms with Gasteiger partial charge < -0.3 is 15.0 Å². The number of rotatable bonds is 9. The van der Waals surface area contributed by atoms with Gasteiger partial charge in [0.2, 0.25) is 10.0 Å². The lowest BCUT2D eigenvalue weighted by atomic mass is 10.1. The molecule has 1 saturated carbocycles. The number of thioether (sulfide) groups is 1. The largest absolute Gasteiger partial charge is 0.365 e. The number of sulfonamides is 1. The number of piperazine rings is 1. The summed E-state index contributed by atoms with van der Waals surface area (Å²) in [6, 6.07) is 2.54. The summed E-state index contributed by atoms with van der Waals surface area (Å²) in [4.78, 5) is 5.76. The molecule has 11 nitrogen and oxygen atoms in total. The number of imidazole rings is 1. The van der Waals surface area contributed by atoms with Gasteiger partial charge in [-0.05, 0) is 37.6 Å². The second-order valence-corrected chi connectivity index (χ2v) is 11.8. The van der Waals surface area contributed by atoms with Gasteiger partial charge in [0.15, 0.2) is 5.65 Å². The summed E-state index contributed by atoms with van der Waals surface area (Å²) in [7, 11) is -4.25. The van der Waals surface area contributed by atoms with Crippen molar-refractivity contribution in [1.29, 1.82) is 16.1 Å². The number of aromatic nitrogens is 2. The number of alkyl halides is 4. The summed E-state index contributed by atoms with van der Waals surface area (Å²) in [5.41, 5.74) is -0.770. The smallest absolute Gasteiger partial charge is 0.345 e. The topological polar surface area (TPSA) is 159 Å². The minimum atomic E-state index is -4.25. The van der Waals surface area contributed by atoms with Crippen molar-refractivity contribution < 1.29 is 33.6 Å². The SMILES string of the molecule is C[C@@H]1CN(c2cc(S(=O)(=O)NC3(C#N)CC3)cn3c(C(=N)SC(=N)C(F)F)cnc23)C[C@@H](COC(F)F)N1.[HH].[HH]. The van der Waals surface area contributed by atoms with Crippen LogP contribution < -0.4 is 14.9 Å². The summed E-state index contributed by atoms with van der Waals surface area (Å²) in [5, 5.41) is 26.6. The van der Waals surface area contributed by atoms with Crippen molar-refractivity contribution in [2.24, 2.45) is 0 Å². The molecule has 17 heteroatoms. The maximum atomic E-state index is 13.3. The summed E-state index contributed by atoms with van der Waals surface area (Å²) in [5.74, 6) is 0. The van der Waals surface area contributed by atoms with Crippen LogP contribution in [-0.2, 0) is 14.8 Å². The predicted octanol–water partition coefficient (Wildman–Crippen LogP) is 2.87. The molecule has 0 bridgehead atoms. The predicted molar refractivity (Wildman–Crippen MR) is 136 cm³/mol. The molecule has 0 unspecified atom stereocenters. The number of nitrogens with one attached hydrogen (secondary N) is 4. The summed E-state index contributed by atoms with van der Waals surface area (Å²) < 4.78 is 85.7. The Kier molecular flexibility index (Phi) is 8.00. The zero-order chi connectivity index (χ0) is 27.8. The first-order valence-corrected chi connectivity index (χ1v) is 13.6. The fourth-order valence-corrected chi connectivity index (χ4v) is 6.10. The number of anilines is 1. The van der Waals surface area contributed by atoms with E-state index >= 15 is 0 Å². The highest BCUT2D eigenvalue weighted by molar-refractivity contribution is 8.26. The number of hydrogen-bond acceptors (Lipinski definition) is 10. The summed E-state index contributed by atoms with van der Waals surface area (Å²) in [6.45, 7) is -0.978. The van der Waals surface area contributed by atoms with E-state index < -0.39 is 44.7 Å². The van der Waals surface area contributed by atoms with E-state index in [4.69, 9.17) is 10.8 Å². The second-order valence-electron chi connectivity index (χ2n) is 9.06. The Hall–Kier alpha value is -2.78. The Balaban J connectivity index is 0.00000280. The summed E-state index contributed by atoms with van der Waals surface area (Å²) >= 11 is 0.205. The number of halogens is 4. The molecule has 2 aromatic rings. The molecule has 2 aliphatic rings. The van der Waals surface area contributed by atoms with Gasteiger partial charge in [-0.1, -0.05) is 0 Å². The zero-order valence-electron chi connectivity index (χ0n) is 19.9. The molecule has 3 heterocycles. The van der Waals surface area contributed by atoms with Crippen LogP contribution in [0.15, 0.2) is 23.4 Å². The van der Waals surface area contributed by atoms with Crippen LogP contribution >= 0.6 is 11.8 Å². The molecule has 2 aromatic heterocycles. The fraction of sp³-hybridized carbons (Fsp3) is 0.524. The van der Waals surface area contributed by atoms with Crippen LogP contribution in [0.4, 0.5) is 23.2 Å². The minimum absolute atomic E-state index is 0. The van der Waals surface area contributed by atoms with Gasteiger partial charge in [0.1, 0.15) is 20.5 Å². The van der Waals surface area contributed by atoms with Gasteiger partial charge in [-0.25, -0.2) is 22.2 Å². The number of ether oxygens (including phenoxy) is 1. The molecule has 1 aliphatic carbocycles. The van der Waals surface area contributed by atoms with Gasteiger partial charge in [0.05, 0.1) is 30.3 Å². The average Bonchev–Trinajstić information content (AvgIpc) is 3.47. The molecular formula is C21H28F4N8O3S2. The molecule has 0 amide bonds. The van der Waals surface area contributed by atoms with Crippen LogP contribution in [0.1, 0.15) is 28.3 Å². The monoisotopic (exact) mass is 580 g/mol. The van der Waals surface area contributed by atoms with Crippen LogP contribution in [0, 0.1) is 22.1 Å².